The Kier molecular flexibility index (Phi) is 2.08. The molecular weight excluding hydrogens is 245 g/mol. The molecule has 3 nitrogen and oxygen atoms in total. The van der Waals surface area contributed by atoms with Crippen LogP contribution < -0.4 is 0 Å². The minimum atomic E-state index is -0.0769. The number of carbonyl (C=O) groups excluding carboxylic acids is 1. The molecule has 0 saturated heterocycles. The van der Waals surface area contributed by atoms with E-state index in [-0.39, 0.29) is 3.79 Å². The van der Waals surface area contributed by atoms with Crippen LogP contribution in [0.4, 0.5) is 0 Å². The molecule has 0 bridgehead atoms. The highest BCUT2D eigenvalue weighted by atomic mass is 127. The number of oxazole rings is 1. The van der Waals surface area contributed by atoms with E-state index in [1.54, 1.807) is 36.4 Å². The van der Waals surface area contributed by atoms with Gasteiger partial charge in [0.1, 0.15) is 5.76 Å². The quantitative estimate of drug-likeness (QED) is 0.565. The molecule has 1 rings (SSSR count). The van der Waals surface area contributed by atoms with E-state index in [0.717, 1.165) is 0 Å². The minimum Gasteiger partial charge on any atom is -0.446 e. The van der Waals surface area contributed by atoms with Crippen molar-refractivity contribution in [1.29, 1.82) is 0 Å². The minimum absolute atomic E-state index is 0.0769. The molecule has 1 aromatic rings. The number of nitrogens with zero attached hydrogens (tertiary/aromatic N) is 1. The largest absolute Gasteiger partial charge is 0.446 e. The number of hydrogen-bond acceptors (Lipinski definition) is 3. The SMILES string of the molecule is Cc1nc(C(=O)I)c(C)o1. The Morgan fingerprint density at radius 2 is 2.20 bits per heavy atom. The van der Waals surface area contributed by atoms with Gasteiger partial charge in [0.25, 0.3) is 0 Å². The molecule has 0 atom stereocenters. The predicted octanol–water partition coefficient (Wildman–Crippen LogP) is 1.87. The molecule has 0 aliphatic heterocycles. The van der Waals surface area contributed by atoms with Crippen molar-refractivity contribution in [1.82, 2.24) is 4.98 Å². The highest BCUT2D eigenvalue weighted by Gasteiger charge is 2.11. The first-order valence-corrected chi connectivity index (χ1v) is 3.83. The lowest BCUT2D eigenvalue weighted by atomic mass is 10.4. The fourth-order valence-corrected chi connectivity index (χ4v) is 1.21. The van der Waals surface area contributed by atoms with E-state index in [2.05, 4.69) is 4.98 Å². The van der Waals surface area contributed by atoms with Crippen molar-refractivity contribution in [3.8, 4) is 0 Å². The fourth-order valence-electron chi connectivity index (χ4n) is 0.711. The fraction of sp³-hybridized carbons (Fsp3) is 0.333. The molecule has 0 spiro atoms. The third-order valence-electron chi connectivity index (χ3n) is 1.09. The average molecular weight is 251 g/mol. The van der Waals surface area contributed by atoms with Crippen molar-refractivity contribution < 1.29 is 9.21 Å². The summed E-state index contributed by atoms with van der Waals surface area (Å²) in [5, 5.41) is 0. The van der Waals surface area contributed by atoms with Crippen molar-refractivity contribution in [3.05, 3.63) is 17.3 Å². The maximum atomic E-state index is 10.7. The highest BCUT2D eigenvalue weighted by Crippen LogP contribution is 2.11. The van der Waals surface area contributed by atoms with Gasteiger partial charge >= 0.3 is 0 Å². The van der Waals surface area contributed by atoms with Crippen LogP contribution in [0.3, 0.4) is 0 Å². The first kappa shape index (κ1) is 7.71. The molecular formula is C6H6INO2. The maximum absolute atomic E-state index is 10.7. The Hall–Kier alpha value is -0.390. The summed E-state index contributed by atoms with van der Waals surface area (Å²) in [5.41, 5.74) is 0.429. The maximum Gasteiger partial charge on any atom is 0.244 e. The van der Waals surface area contributed by atoms with Crippen LogP contribution in [0.15, 0.2) is 4.42 Å². The monoisotopic (exact) mass is 251 g/mol. The third kappa shape index (κ3) is 1.36. The van der Waals surface area contributed by atoms with Crippen LogP contribution in [-0.2, 0) is 0 Å². The molecule has 10 heavy (non-hydrogen) atoms. The van der Waals surface area contributed by atoms with E-state index in [1.807, 2.05) is 0 Å². The molecule has 0 fully saturated rings. The summed E-state index contributed by atoms with van der Waals surface area (Å²) in [6, 6.07) is 0. The summed E-state index contributed by atoms with van der Waals surface area (Å²) >= 11 is 1.69. The molecule has 1 aromatic heterocycles. The van der Waals surface area contributed by atoms with E-state index < -0.39 is 0 Å². The van der Waals surface area contributed by atoms with E-state index in [1.165, 1.54) is 0 Å². The Labute approximate surface area is 72.0 Å². The van der Waals surface area contributed by atoms with Crippen LogP contribution in [0.5, 0.6) is 0 Å². The van der Waals surface area contributed by atoms with Gasteiger partial charge in [-0.15, -0.1) is 0 Å². The topological polar surface area (TPSA) is 43.1 Å². The molecule has 0 amide bonds. The zero-order valence-corrected chi connectivity index (χ0v) is 7.80. The summed E-state index contributed by atoms with van der Waals surface area (Å²) in [7, 11) is 0. The Balaban J connectivity index is 3.15. The zero-order valence-electron chi connectivity index (χ0n) is 5.64. The Bertz CT molecular complexity index is 267. The summed E-state index contributed by atoms with van der Waals surface area (Å²) in [6.45, 7) is 3.45. The van der Waals surface area contributed by atoms with Gasteiger partial charge in [0.15, 0.2) is 11.6 Å². The van der Waals surface area contributed by atoms with Gasteiger partial charge in [-0.2, -0.15) is 0 Å². The van der Waals surface area contributed by atoms with Crippen molar-refractivity contribution in [2.75, 3.05) is 0 Å². The van der Waals surface area contributed by atoms with Crippen LogP contribution >= 0.6 is 22.6 Å². The summed E-state index contributed by atoms with van der Waals surface area (Å²) in [5.74, 6) is 1.13. The Morgan fingerprint density at radius 3 is 2.40 bits per heavy atom. The standard InChI is InChI=1S/C6H6INO2/c1-3-5(6(7)9)8-4(2)10-3/h1-2H3. The van der Waals surface area contributed by atoms with Crippen LogP contribution in [0.2, 0.25) is 0 Å². The van der Waals surface area contributed by atoms with Crippen molar-refractivity contribution in [3.63, 3.8) is 0 Å². The second-order valence-electron chi connectivity index (χ2n) is 1.91. The number of carbonyl (C=O) groups is 1. The van der Waals surface area contributed by atoms with Crippen molar-refractivity contribution >= 4 is 26.4 Å². The summed E-state index contributed by atoms with van der Waals surface area (Å²) in [4.78, 5) is 14.6. The lowest BCUT2D eigenvalue weighted by Crippen LogP contribution is -1.89. The number of rotatable bonds is 1. The molecule has 4 heteroatoms. The first-order chi connectivity index (χ1) is 4.61. The van der Waals surface area contributed by atoms with Gasteiger partial charge < -0.3 is 4.42 Å². The van der Waals surface area contributed by atoms with E-state index >= 15 is 0 Å². The smallest absolute Gasteiger partial charge is 0.244 e. The van der Waals surface area contributed by atoms with Crippen molar-refractivity contribution in [2.45, 2.75) is 13.8 Å². The summed E-state index contributed by atoms with van der Waals surface area (Å²) in [6.07, 6.45) is 0. The van der Waals surface area contributed by atoms with E-state index in [0.29, 0.717) is 17.3 Å². The summed E-state index contributed by atoms with van der Waals surface area (Å²) < 4.78 is 4.96. The molecule has 0 aromatic carbocycles. The van der Waals surface area contributed by atoms with Gasteiger partial charge in [0.05, 0.1) is 0 Å². The molecule has 0 unspecified atom stereocenters. The van der Waals surface area contributed by atoms with Gasteiger partial charge in [-0.25, -0.2) is 4.98 Å². The highest BCUT2D eigenvalue weighted by molar-refractivity contribution is 14.1. The number of hydrogen-bond donors (Lipinski definition) is 0. The molecule has 0 aliphatic rings. The van der Waals surface area contributed by atoms with Gasteiger partial charge in [0.2, 0.25) is 3.79 Å². The van der Waals surface area contributed by atoms with Gasteiger partial charge in [0, 0.05) is 29.5 Å². The second-order valence-corrected chi connectivity index (χ2v) is 2.89. The van der Waals surface area contributed by atoms with Crippen LogP contribution in [0.25, 0.3) is 0 Å². The Morgan fingerprint density at radius 1 is 1.60 bits per heavy atom. The predicted molar refractivity (Wildman–Crippen MR) is 44.3 cm³/mol. The van der Waals surface area contributed by atoms with Crippen molar-refractivity contribution in [2.24, 2.45) is 0 Å². The number of aromatic nitrogens is 1. The molecule has 54 valence electrons. The van der Waals surface area contributed by atoms with Crippen LogP contribution in [-0.4, -0.2) is 8.77 Å². The van der Waals surface area contributed by atoms with Gasteiger partial charge in [-0.1, -0.05) is 0 Å². The second kappa shape index (κ2) is 2.69. The lowest BCUT2D eigenvalue weighted by molar-refractivity contribution is 0.110. The normalized spacial score (nSPS) is 9.90. The zero-order chi connectivity index (χ0) is 7.72. The average Bonchev–Trinajstić information content (AvgIpc) is 2.10. The van der Waals surface area contributed by atoms with Gasteiger partial charge in [-0.05, 0) is 6.92 Å². The molecule has 1 heterocycles. The molecule has 0 N–H and O–H groups in total. The van der Waals surface area contributed by atoms with Crippen LogP contribution in [0.1, 0.15) is 22.1 Å². The van der Waals surface area contributed by atoms with E-state index in [4.69, 9.17) is 4.42 Å². The molecule has 0 aliphatic carbocycles. The molecule has 0 radical (unpaired) electrons. The lowest BCUT2D eigenvalue weighted by Gasteiger charge is -1.82. The number of halogens is 1. The third-order valence-corrected chi connectivity index (χ3v) is 1.60. The number of aryl methyl sites for hydroxylation is 2. The first-order valence-electron chi connectivity index (χ1n) is 2.75. The van der Waals surface area contributed by atoms with E-state index in [9.17, 15) is 4.79 Å². The van der Waals surface area contributed by atoms with Gasteiger partial charge in [-0.3, -0.25) is 4.79 Å². The molecule has 0 saturated carbocycles. The van der Waals surface area contributed by atoms with Crippen LogP contribution in [0, 0.1) is 13.8 Å².